The molecule has 0 aliphatic heterocycles. The lowest BCUT2D eigenvalue weighted by Gasteiger charge is -1.82. The van der Waals surface area contributed by atoms with Crippen LogP contribution >= 0.6 is 11.3 Å². The third-order valence-corrected chi connectivity index (χ3v) is 2.76. The number of hydrogen-bond donors (Lipinski definition) is 0. The molecule has 0 unspecified atom stereocenters. The number of allylic oxidation sites excluding steroid dienone is 1. The molecule has 2 heteroatoms. The van der Waals surface area contributed by atoms with Crippen LogP contribution in [0.1, 0.15) is 29.4 Å². The maximum atomic E-state index is 4.42. The summed E-state index contributed by atoms with van der Waals surface area (Å²) in [4.78, 5) is 5.71. The summed E-state index contributed by atoms with van der Waals surface area (Å²) in [7, 11) is 0. The normalized spacial score (nSPS) is 11.2. The summed E-state index contributed by atoms with van der Waals surface area (Å²) >= 11 is 1.79. The minimum atomic E-state index is 1.04. The van der Waals surface area contributed by atoms with Crippen LogP contribution in [0.15, 0.2) is 6.08 Å². The number of nitrogens with zero attached hydrogens (tertiary/aromatic N) is 1. The molecule has 1 rings (SSSR count). The largest absolute Gasteiger partial charge is 0.246 e. The van der Waals surface area contributed by atoms with Crippen molar-refractivity contribution in [2.45, 2.75) is 27.2 Å². The van der Waals surface area contributed by atoms with Gasteiger partial charge in [0.2, 0.25) is 0 Å². The molecule has 1 heterocycles. The second-order valence-electron chi connectivity index (χ2n) is 2.41. The zero-order valence-corrected chi connectivity index (χ0v) is 8.03. The molecule has 1 aromatic rings. The van der Waals surface area contributed by atoms with Crippen molar-refractivity contribution in [2.24, 2.45) is 0 Å². The van der Waals surface area contributed by atoms with E-state index in [2.05, 4.69) is 31.0 Å². The van der Waals surface area contributed by atoms with Crippen LogP contribution in [0.2, 0.25) is 0 Å². The molecule has 0 atom stereocenters. The highest BCUT2D eigenvalue weighted by molar-refractivity contribution is 7.12. The van der Waals surface area contributed by atoms with E-state index in [1.165, 1.54) is 9.88 Å². The fourth-order valence-electron chi connectivity index (χ4n) is 0.923. The smallest absolute Gasteiger partial charge is 0.0931 e. The maximum absolute atomic E-state index is 4.42. The average molecular weight is 167 g/mol. The maximum Gasteiger partial charge on any atom is 0.0931 e. The number of aromatic nitrogens is 1. The molecule has 60 valence electrons. The zero-order chi connectivity index (χ0) is 8.27. The van der Waals surface area contributed by atoms with Crippen molar-refractivity contribution in [2.75, 3.05) is 0 Å². The lowest BCUT2D eigenvalue weighted by molar-refractivity contribution is 1.07. The molecule has 0 spiro atoms. The first-order valence-electron chi connectivity index (χ1n) is 3.87. The molecule has 1 nitrogen and oxygen atoms in total. The minimum Gasteiger partial charge on any atom is -0.246 e. The Hall–Kier alpha value is -0.630. The van der Waals surface area contributed by atoms with E-state index in [0.717, 1.165) is 12.1 Å². The second kappa shape index (κ2) is 3.67. The van der Waals surface area contributed by atoms with Gasteiger partial charge < -0.3 is 0 Å². The van der Waals surface area contributed by atoms with Gasteiger partial charge in [-0.2, -0.15) is 0 Å². The van der Waals surface area contributed by atoms with Crippen LogP contribution in [-0.2, 0) is 6.42 Å². The Labute approximate surface area is 71.8 Å². The molecule has 0 bridgehead atoms. The van der Waals surface area contributed by atoms with Gasteiger partial charge in [0.05, 0.1) is 10.7 Å². The van der Waals surface area contributed by atoms with Crippen molar-refractivity contribution in [3.63, 3.8) is 0 Å². The molecule has 0 saturated heterocycles. The van der Waals surface area contributed by atoms with Crippen LogP contribution in [0.25, 0.3) is 6.08 Å². The Balaban J connectivity index is 2.97. The van der Waals surface area contributed by atoms with E-state index in [-0.39, 0.29) is 0 Å². The van der Waals surface area contributed by atoms with Crippen LogP contribution in [0, 0.1) is 6.92 Å². The van der Waals surface area contributed by atoms with Gasteiger partial charge in [0.15, 0.2) is 0 Å². The minimum absolute atomic E-state index is 1.04. The lowest BCUT2D eigenvalue weighted by atomic mass is 10.3. The van der Waals surface area contributed by atoms with Gasteiger partial charge in [0.25, 0.3) is 0 Å². The topological polar surface area (TPSA) is 12.9 Å². The number of aryl methyl sites for hydroxylation is 2. The molecular formula is C9H13NS. The summed E-state index contributed by atoms with van der Waals surface area (Å²) in [5.74, 6) is 0. The van der Waals surface area contributed by atoms with Crippen LogP contribution in [0.4, 0.5) is 0 Å². The van der Waals surface area contributed by atoms with E-state index < -0.39 is 0 Å². The van der Waals surface area contributed by atoms with Crippen LogP contribution < -0.4 is 0 Å². The molecule has 0 fully saturated rings. The van der Waals surface area contributed by atoms with Gasteiger partial charge in [0, 0.05) is 4.88 Å². The SMILES string of the molecule is C/C=C\c1sc(CC)nc1C. The Morgan fingerprint density at radius 1 is 1.55 bits per heavy atom. The van der Waals surface area contributed by atoms with Gasteiger partial charge in [-0.05, 0) is 26.3 Å². The molecule has 0 N–H and O–H groups in total. The Bertz CT molecular complexity index is 261. The monoisotopic (exact) mass is 167 g/mol. The summed E-state index contributed by atoms with van der Waals surface area (Å²) in [6.45, 7) is 6.23. The molecule has 0 aliphatic rings. The van der Waals surface area contributed by atoms with E-state index in [0.29, 0.717) is 0 Å². The summed E-state index contributed by atoms with van der Waals surface area (Å²) in [6.07, 6.45) is 5.22. The molecule has 0 radical (unpaired) electrons. The van der Waals surface area contributed by atoms with E-state index >= 15 is 0 Å². The number of hydrogen-bond acceptors (Lipinski definition) is 2. The van der Waals surface area contributed by atoms with Crippen molar-refractivity contribution in [1.82, 2.24) is 4.98 Å². The summed E-state index contributed by atoms with van der Waals surface area (Å²) < 4.78 is 0. The Morgan fingerprint density at radius 3 is 2.73 bits per heavy atom. The van der Waals surface area contributed by atoms with Gasteiger partial charge in [0.1, 0.15) is 0 Å². The lowest BCUT2D eigenvalue weighted by Crippen LogP contribution is -1.76. The fourth-order valence-corrected chi connectivity index (χ4v) is 1.90. The molecule has 11 heavy (non-hydrogen) atoms. The molecule has 0 aromatic carbocycles. The molecule has 0 amide bonds. The van der Waals surface area contributed by atoms with Crippen LogP contribution in [-0.4, -0.2) is 4.98 Å². The van der Waals surface area contributed by atoms with Crippen molar-refractivity contribution >= 4 is 17.4 Å². The van der Waals surface area contributed by atoms with Crippen LogP contribution in [0.5, 0.6) is 0 Å². The standard InChI is InChI=1S/C9H13NS/c1-4-6-8-7(3)10-9(5-2)11-8/h4,6H,5H2,1-3H3/b6-4-. The summed E-state index contributed by atoms with van der Waals surface area (Å²) in [5.41, 5.74) is 1.16. The van der Waals surface area contributed by atoms with Gasteiger partial charge in [-0.1, -0.05) is 13.0 Å². The van der Waals surface area contributed by atoms with E-state index in [9.17, 15) is 0 Å². The Kier molecular flexibility index (Phi) is 2.83. The highest BCUT2D eigenvalue weighted by Gasteiger charge is 2.01. The third-order valence-electron chi connectivity index (χ3n) is 1.50. The summed E-state index contributed by atoms with van der Waals surface area (Å²) in [6, 6.07) is 0. The fraction of sp³-hybridized carbons (Fsp3) is 0.444. The van der Waals surface area contributed by atoms with Crippen molar-refractivity contribution in [1.29, 1.82) is 0 Å². The first kappa shape index (κ1) is 8.47. The highest BCUT2D eigenvalue weighted by atomic mass is 32.1. The molecule has 0 aliphatic carbocycles. The Morgan fingerprint density at radius 2 is 2.27 bits per heavy atom. The van der Waals surface area contributed by atoms with Crippen molar-refractivity contribution in [3.8, 4) is 0 Å². The number of thiazole rings is 1. The zero-order valence-electron chi connectivity index (χ0n) is 7.22. The van der Waals surface area contributed by atoms with Gasteiger partial charge in [-0.15, -0.1) is 11.3 Å². The van der Waals surface area contributed by atoms with Gasteiger partial charge in [-0.25, -0.2) is 4.98 Å². The first-order chi connectivity index (χ1) is 5.27. The van der Waals surface area contributed by atoms with E-state index in [1.54, 1.807) is 11.3 Å². The van der Waals surface area contributed by atoms with Crippen molar-refractivity contribution in [3.05, 3.63) is 21.7 Å². The van der Waals surface area contributed by atoms with Crippen molar-refractivity contribution < 1.29 is 0 Å². The quantitative estimate of drug-likeness (QED) is 0.659. The van der Waals surface area contributed by atoms with E-state index in [1.807, 2.05) is 6.92 Å². The average Bonchev–Trinajstić information content (AvgIpc) is 2.33. The van der Waals surface area contributed by atoms with E-state index in [4.69, 9.17) is 0 Å². The first-order valence-corrected chi connectivity index (χ1v) is 4.68. The van der Waals surface area contributed by atoms with Crippen LogP contribution in [0.3, 0.4) is 0 Å². The molecular weight excluding hydrogens is 154 g/mol. The number of rotatable bonds is 2. The highest BCUT2D eigenvalue weighted by Crippen LogP contribution is 2.19. The molecule has 1 aromatic heterocycles. The van der Waals surface area contributed by atoms with Gasteiger partial charge in [-0.3, -0.25) is 0 Å². The third kappa shape index (κ3) is 1.90. The predicted octanol–water partition coefficient (Wildman–Crippen LogP) is 3.05. The van der Waals surface area contributed by atoms with Gasteiger partial charge >= 0.3 is 0 Å². The summed E-state index contributed by atoms with van der Waals surface area (Å²) in [5, 5.41) is 1.23. The molecule has 0 saturated carbocycles. The second-order valence-corrected chi connectivity index (χ2v) is 3.53. The predicted molar refractivity (Wildman–Crippen MR) is 50.9 cm³/mol.